The number of nitrogens with one attached hydrogen (secondary N) is 2. The van der Waals surface area contributed by atoms with Crippen molar-refractivity contribution in [1.29, 1.82) is 0 Å². The van der Waals surface area contributed by atoms with Gasteiger partial charge in [0.15, 0.2) is 0 Å². The third-order valence-corrected chi connectivity index (χ3v) is 5.15. The Kier molecular flexibility index (Phi) is 2.71. The van der Waals surface area contributed by atoms with E-state index in [-0.39, 0.29) is 17.7 Å². The summed E-state index contributed by atoms with van der Waals surface area (Å²) < 4.78 is 0. The van der Waals surface area contributed by atoms with E-state index in [2.05, 4.69) is 38.3 Å². The average Bonchev–Trinajstić information content (AvgIpc) is 2.55. The van der Waals surface area contributed by atoms with Crippen LogP contribution in [0.1, 0.15) is 34.1 Å². The summed E-state index contributed by atoms with van der Waals surface area (Å²) >= 11 is 0. The molecule has 0 bridgehead atoms. The van der Waals surface area contributed by atoms with Gasteiger partial charge in [-0.25, -0.2) is 0 Å². The van der Waals surface area contributed by atoms with E-state index in [1.807, 2.05) is 0 Å². The molecule has 0 radical (unpaired) electrons. The van der Waals surface area contributed by atoms with Crippen molar-refractivity contribution >= 4 is 11.8 Å². The Balaban J connectivity index is 1.80. The van der Waals surface area contributed by atoms with Crippen LogP contribution in [0, 0.1) is 22.7 Å². The van der Waals surface area contributed by atoms with Crippen LogP contribution in [0.3, 0.4) is 0 Å². The molecule has 1 saturated carbocycles. The molecule has 17 heavy (non-hydrogen) atoms. The molecule has 2 amide bonds. The minimum absolute atomic E-state index is 0.0156. The SMILES string of the molecule is CC1(C)C(CNC(=O)C2CNC(=O)C2)C1(C)C. The van der Waals surface area contributed by atoms with Crippen molar-refractivity contribution in [3.63, 3.8) is 0 Å². The second kappa shape index (κ2) is 3.72. The van der Waals surface area contributed by atoms with Gasteiger partial charge in [0, 0.05) is 19.5 Å². The predicted molar refractivity (Wildman–Crippen MR) is 65.2 cm³/mol. The number of carbonyl (C=O) groups is 2. The number of carbonyl (C=O) groups excluding carboxylic acids is 2. The van der Waals surface area contributed by atoms with Crippen LogP contribution in [-0.2, 0) is 9.59 Å². The maximum Gasteiger partial charge on any atom is 0.225 e. The zero-order valence-corrected chi connectivity index (χ0v) is 11.1. The molecule has 2 rings (SSSR count). The van der Waals surface area contributed by atoms with Crippen LogP contribution in [-0.4, -0.2) is 24.9 Å². The first-order valence-corrected chi connectivity index (χ1v) is 6.31. The molecule has 1 unspecified atom stereocenters. The lowest BCUT2D eigenvalue weighted by Crippen LogP contribution is -2.34. The summed E-state index contributed by atoms with van der Waals surface area (Å²) in [5.41, 5.74) is 0.591. The quantitative estimate of drug-likeness (QED) is 0.768. The van der Waals surface area contributed by atoms with E-state index in [9.17, 15) is 9.59 Å². The molecule has 1 heterocycles. The van der Waals surface area contributed by atoms with Gasteiger partial charge in [0.1, 0.15) is 0 Å². The smallest absolute Gasteiger partial charge is 0.225 e. The molecule has 1 aliphatic heterocycles. The van der Waals surface area contributed by atoms with E-state index in [1.54, 1.807) is 0 Å². The molecule has 4 nitrogen and oxygen atoms in total. The fourth-order valence-corrected chi connectivity index (χ4v) is 2.98. The number of amides is 2. The van der Waals surface area contributed by atoms with E-state index in [0.29, 0.717) is 29.7 Å². The lowest BCUT2D eigenvalue weighted by Gasteiger charge is -2.09. The molecule has 2 aliphatic rings. The maximum atomic E-state index is 11.8. The summed E-state index contributed by atoms with van der Waals surface area (Å²) in [6.07, 6.45) is 0.337. The molecule has 4 heteroatoms. The average molecular weight is 238 g/mol. The maximum absolute atomic E-state index is 11.8. The Morgan fingerprint density at radius 3 is 2.35 bits per heavy atom. The molecule has 0 aromatic carbocycles. The zero-order valence-electron chi connectivity index (χ0n) is 11.1. The van der Waals surface area contributed by atoms with Crippen LogP contribution in [0.15, 0.2) is 0 Å². The summed E-state index contributed by atoms with van der Waals surface area (Å²) in [6, 6.07) is 0. The first-order valence-electron chi connectivity index (χ1n) is 6.31. The van der Waals surface area contributed by atoms with Gasteiger partial charge in [-0.05, 0) is 16.7 Å². The van der Waals surface area contributed by atoms with Gasteiger partial charge >= 0.3 is 0 Å². The highest BCUT2D eigenvalue weighted by atomic mass is 16.2. The molecule has 1 aliphatic carbocycles. The largest absolute Gasteiger partial charge is 0.355 e. The minimum Gasteiger partial charge on any atom is -0.355 e. The fourth-order valence-electron chi connectivity index (χ4n) is 2.98. The summed E-state index contributed by atoms with van der Waals surface area (Å²) in [4.78, 5) is 22.9. The van der Waals surface area contributed by atoms with Crippen LogP contribution in [0.5, 0.6) is 0 Å². The first-order chi connectivity index (χ1) is 7.76. The Morgan fingerprint density at radius 2 is 1.94 bits per heavy atom. The highest BCUT2D eigenvalue weighted by Gasteiger charge is 2.64. The summed E-state index contributed by atoms with van der Waals surface area (Å²) in [5.74, 6) is 0.357. The molecular weight excluding hydrogens is 216 g/mol. The molecule has 0 aromatic heterocycles. The van der Waals surface area contributed by atoms with E-state index < -0.39 is 0 Å². The van der Waals surface area contributed by atoms with Gasteiger partial charge in [-0.1, -0.05) is 27.7 Å². The molecule has 2 fully saturated rings. The van der Waals surface area contributed by atoms with Crippen molar-refractivity contribution in [2.75, 3.05) is 13.1 Å². The van der Waals surface area contributed by atoms with Gasteiger partial charge in [-0.2, -0.15) is 0 Å². The normalized spacial score (nSPS) is 29.9. The Hall–Kier alpha value is -1.06. The molecular formula is C13H22N2O2. The third kappa shape index (κ3) is 1.94. The number of hydrogen-bond acceptors (Lipinski definition) is 2. The van der Waals surface area contributed by atoms with Crippen molar-refractivity contribution in [2.24, 2.45) is 22.7 Å². The Bertz CT molecular complexity index is 346. The summed E-state index contributed by atoms with van der Waals surface area (Å²) in [7, 11) is 0. The summed E-state index contributed by atoms with van der Waals surface area (Å²) in [6.45, 7) is 10.2. The van der Waals surface area contributed by atoms with Crippen LogP contribution in [0.2, 0.25) is 0 Å². The second-order valence-electron chi connectivity index (χ2n) is 6.45. The topological polar surface area (TPSA) is 58.2 Å². The van der Waals surface area contributed by atoms with Gasteiger partial charge in [-0.3, -0.25) is 9.59 Å². The third-order valence-electron chi connectivity index (χ3n) is 5.15. The predicted octanol–water partition coefficient (Wildman–Crippen LogP) is 0.921. The standard InChI is InChI=1S/C13H22N2O2/c1-12(2)9(13(12,3)4)7-15-11(17)8-5-10(16)14-6-8/h8-9H,5-7H2,1-4H3,(H,14,16)(H,15,17). The van der Waals surface area contributed by atoms with Crippen LogP contribution in [0.25, 0.3) is 0 Å². The highest BCUT2D eigenvalue weighted by Crippen LogP contribution is 2.67. The van der Waals surface area contributed by atoms with Crippen molar-refractivity contribution in [1.82, 2.24) is 10.6 Å². The minimum atomic E-state index is -0.174. The van der Waals surface area contributed by atoms with E-state index in [1.165, 1.54) is 0 Å². The highest BCUT2D eigenvalue weighted by molar-refractivity contribution is 5.89. The molecule has 0 aromatic rings. The molecule has 1 atom stereocenters. The molecule has 1 saturated heterocycles. The van der Waals surface area contributed by atoms with Crippen molar-refractivity contribution in [3.8, 4) is 0 Å². The van der Waals surface area contributed by atoms with Gasteiger partial charge in [-0.15, -0.1) is 0 Å². The van der Waals surface area contributed by atoms with Gasteiger partial charge in [0.05, 0.1) is 5.92 Å². The number of hydrogen-bond donors (Lipinski definition) is 2. The van der Waals surface area contributed by atoms with Crippen LogP contribution >= 0.6 is 0 Å². The lowest BCUT2D eigenvalue weighted by atomic mass is 10.0. The van der Waals surface area contributed by atoms with Gasteiger partial charge < -0.3 is 10.6 Å². The van der Waals surface area contributed by atoms with Gasteiger partial charge in [0.25, 0.3) is 0 Å². The van der Waals surface area contributed by atoms with Crippen molar-refractivity contribution < 1.29 is 9.59 Å². The zero-order chi connectivity index (χ0) is 12.8. The van der Waals surface area contributed by atoms with Crippen molar-refractivity contribution in [3.05, 3.63) is 0 Å². The Labute approximate surface area is 103 Å². The van der Waals surface area contributed by atoms with E-state index in [0.717, 1.165) is 6.54 Å². The van der Waals surface area contributed by atoms with Crippen molar-refractivity contribution in [2.45, 2.75) is 34.1 Å². The summed E-state index contributed by atoms with van der Waals surface area (Å²) in [5, 5.41) is 5.67. The van der Waals surface area contributed by atoms with E-state index >= 15 is 0 Å². The molecule has 96 valence electrons. The molecule has 2 N–H and O–H groups in total. The number of rotatable bonds is 3. The van der Waals surface area contributed by atoms with E-state index in [4.69, 9.17) is 0 Å². The van der Waals surface area contributed by atoms with Crippen LogP contribution < -0.4 is 10.6 Å². The van der Waals surface area contributed by atoms with Gasteiger partial charge in [0.2, 0.25) is 11.8 Å². The fraction of sp³-hybridized carbons (Fsp3) is 0.846. The first kappa shape index (κ1) is 12.4. The molecule has 0 spiro atoms. The lowest BCUT2D eigenvalue weighted by molar-refractivity contribution is -0.126. The van der Waals surface area contributed by atoms with Crippen LogP contribution in [0.4, 0.5) is 0 Å². The Morgan fingerprint density at radius 1 is 1.35 bits per heavy atom. The monoisotopic (exact) mass is 238 g/mol. The second-order valence-corrected chi connectivity index (χ2v) is 6.45.